The Bertz CT molecular complexity index is 432. The quantitative estimate of drug-likeness (QED) is 0.815. The molecule has 0 radical (unpaired) electrons. The van der Waals surface area contributed by atoms with Crippen molar-refractivity contribution < 1.29 is 4.79 Å². The van der Waals surface area contributed by atoms with Crippen LogP contribution in [0, 0.1) is 5.92 Å². The van der Waals surface area contributed by atoms with E-state index in [0.29, 0.717) is 18.2 Å². The Hall–Kier alpha value is -1.15. The smallest absolute Gasteiger partial charge is 0.154 e. The molecule has 2 heteroatoms. The lowest BCUT2D eigenvalue weighted by atomic mass is 9.71. The molecule has 1 unspecified atom stereocenters. The Morgan fingerprint density at radius 2 is 1.75 bits per heavy atom. The molecule has 1 saturated carbocycles. The topological polar surface area (TPSA) is 20.3 Å². The van der Waals surface area contributed by atoms with E-state index < -0.39 is 0 Å². The molecule has 0 bridgehead atoms. The van der Waals surface area contributed by atoms with Gasteiger partial charge in [0.25, 0.3) is 0 Å². The lowest BCUT2D eigenvalue weighted by Gasteiger charge is -2.35. The fourth-order valence-corrected chi connectivity index (χ4v) is 3.59. The molecule has 1 atom stereocenters. The summed E-state index contributed by atoms with van der Waals surface area (Å²) in [6.45, 7) is 2.88. The van der Waals surface area contributed by atoms with Crippen molar-refractivity contribution in [1.82, 2.24) is 4.90 Å². The maximum atomic E-state index is 12.8. The highest BCUT2D eigenvalue weighted by Gasteiger charge is 2.34. The maximum Gasteiger partial charge on any atom is 0.154 e. The predicted octanol–water partition coefficient (Wildman–Crippen LogP) is 3.63. The molecule has 108 valence electrons. The maximum absolute atomic E-state index is 12.8. The van der Waals surface area contributed by atoms with Gasteiger partial charge in [0.2, 0.25) is 0 Å². The Labute approximate surface area is 122 Å². The highest BCUT2D eigenvalue weighted by molar-refractivity contribution is 5.88. The average molecular weight is 271 g/mol. The van der Waals surface area contributed by atoms with E-state index in [4.69, 9.17) is 0 Å². The molecule has 1 aromatic carbocycles. The van der Waals surface area contributed by atoms with Crippen molar-refractivity contribution in [3.63, 3.8) is 0 Å². The third-order valence-corrected chi connectivity index (χ3v) is 4.95. The van der Waals surface area contributed by atoms with Crippen LogP contribution >= 0.6 is 0 Å². The van der Waals surface area contributed by atoms with Gasteiger partial charge in [0.1, 0.15) is 0 Å². The van der Waals surface area contributed by atoms with E-state index in [1.165, 1.54) is 44.1 Å². The highest BCUT2D eigenvalue weighted by atomic mass is 16.1. The molecule has 2 aliphatic rings. The molecule has 20 heavy (non-hydrogen) atoms. The second-order valence-electron chi connectivity index (χ2n) is 6.38. The van der Waals surface area contributed by atoms with Crippen LogP contribution < -0.4 is 0 Å². The third-order valence-electron chi connectivity index (χ3n) is 4.95. The van der Waals surface area contributed by atoms with E-state index in [1.807, 2.05) is 6.07 Å². The summed E-state index contributed by atoms with van der Waals surface area (Å²) in [7, 11) is 0. The fraction of sp³-hybridized carbons (Fsp3) is 0.611. The van der Waals surface area contributed by atoms with E-state index in [9.17, 15) is 4.79 Å². The lowest BCUT2D eigenvalue weighted by Crippen LogP contribution is -2.38. The monoisotopic (exact) mass is 271 g/mol. The van der Waals surface area contributed by atoms with Crippen LogP contribution in [0.15, 0.2) is 30.3 Å². The first-order valence-electron chi connectivity index (χ1n) is 8.14. The molecule has 0 amide bonds. The first kappa shape index (κ1) is 13.8. The summed E-state index contributed by atoms with van der Waals surface area (Å²) in [5.41, 5.74) is 1.24. The van der Waals surface area contributed by atoms with Gasteiger partial charge in [-0.3, -0.25) is 9.69 Å². The van der Waals surface area contributed by atoms with Crippen LogP contribution in [0.1, 0.15) is 50.0 Å². The van der Waals surface area contributed by atoms with E-state index in [-0.39, 0.29) is 5.92 Å². The number of benzene rings is 1. The lowest BCUT2D eigenvalue weighted by molar-refractivity contribution is -0.123. The summed E-state index contributed by atoms with van der Waals surface area (Å²) < 4.78 is 0. The Morgan fingerprint density at radius 3 is 2.35 bits per heavy atom. The number of hydrogen-bond acceptors (Lipinski definition) is 2. The number of nitrogens with zero attached hydrogens (tertiary/aromatic N) is 1. The Balaban J connectivity index is 1.70. The number of piperidine rings is 1. The first-order valence-corrected chi connectivity index (χ1v) is 8.14. The Morgan fingerprint density at radius 1 is 1.05 bits per heavy atom. The van der Waals surface area contributed by atoms with Crippen LogP contribution in [0.2, 0.25) is 0 Å². The zero-order chi connectivity index (χ0) is 13.8. The van der Waals surface area contributed by atoms with Crippen molar-refractivity contribution in [2.45, 2.75) is 44.4 Å². The zero-order valence-electron chi connectivity index (χ0n) is 12.3. The second kappa shape index (κ2) is 6.53. The van der Waals surface area contributed by atoms with Gasteiger partial charge < -0.3 is 0 Å². The molecule has 1 aliphatic heterocycles. The number of ketones is 1. The molecular formula is C18H25NO. The molecule has 1 heterocycles. The van der Waals surface area contributed by atoms with Gasteiger partial charge in [0.15, 0.2) is 5.78 Å². The van der Waals surface area contributed by atoms with Crippen LogP contribution in [0.25, 0.3) is 0 Å². The minimum Gasteiger partial charge on any atom is -0.298 e. The first-order chi connectivity index (χ1) is 9.84. The SMILES string of the molecule is O=C(CN1CCCCC1)C(c1ccccc1)C1CCC1. The molecule has 0 spiro atoms. The largest absolute Gasteiger partial charge is 0.298 e. The van der Waals surface area contributed by atoms with Gasteiger partial charge >= 0.3 is 0 Å². The van der Waals surface area contributed by atoms with Gasteiger partial charge in [-0.25, -0.2) is 0 Å². The van der Waals surface area contributed by atoms with Gasteiger partial charge in [-0.15, -0.1) is 0 Å². The summed E-state index contributed by atoms with van der Waals surface area (Å²) in [5, 5.41) is 0. The Kier molecular flexibility index (Phi) is 4.51. The number of carbonyl (C=O) groups is 1. The van der Waals surface area contributed by atoms with Crippen LogP contribution in [0.4, 0.5) is 0 Å². The number of rotatable bonds is 5. The van der Waals surface area contributed by atoms with Crippen LogP contribution in [0.5, 0.6) is 0 Å². The normalized spacial score (nSPS) is 22.2. The van der Waals surface area contributed by atoms with Crippen molar-refractivity contribution in [1.29, 1.82) is 0 Å². The number of likely N-dealkylation sites (tertiary alicyclic amines) is 1. The molecule has 1 saturated heterocycles. The van der Waals surface area contributed by atoms with Crippen LogP contribution in [0.3, 0.4) is 0 Å². The summed E-state index contributed by atoms with van der Waals surface area (Å²) in [6, 6.07) is 10.4. The van der Waals surface area contributed by atoms with Gasteiger partial charge in [-0.1, -0.05) is 43.2 Å². The minimum atomic E-state index is 0.145. The standard InChI is InChI=1S/C18H25NO/c20-17(14-19-12-5-2-6-13-19)18(16-10-7-11-16)15-8-3-1-4-9-15/h1,3-4,8-9,16,18H,2,5-7,10-14H2. The van der Waals surface area contributed by atoms with E-state index in [2.05, 4.69) is 29.2 Å². The summed E-state index contributed by atoms with van der Waals surface area (Å²) >= 11 is 0. The van der Waals surface area contributed by atoms with Crippen molar-refractivity contribution in [3.8, 4) is 0 Å². The second-order valence-corrected chi connectivity index (χ2v) is 6.38. The summed E-state index contributed by atoms with van der Waals surface area (Å²) in [6.07, 6.45) is 7.59. The van der Waals surface area contributed by atoms with Crippen molar-refractivity contribution in [2.24, 2.45) is 5.92 Å². The van der Waals surface area contributed by atoms with Gasteiger partial charge in [-0.05, 0) is 50.3 Å². The van der Waals surface area contributed by atoms with E-state index in [0.717, 1.165) is 13.1 Å². The van der Waals surface area contributed by atoms with Gasteiger partial charge in [0, 0.05) is 5.92 Å². The summed E-state index contributed by atoms with van der Waals surface area (Å²) in [5.74, 6) is 1.18. The molecular weight excluding hydrogens is 246 g/mol. The molecule has 0 N–H and O–H groups in total. The van der Waals surface area contributed by atoms with Gasteiger partial charge in [0.05, 0.1) is 6.54 Å². The molecule has 2 fully saturated rings. The van der Waals surface area contributed by atoms with E-state index in [1.54, 1.807) is 0 Å². The number of carbonyl (C=O) groups excluding carboxylic acids is 1. The molecule has 1 aliphatic carbocycles. The molecule has 3 rings (SSSR count). The summed E-state index contributed by atoms with van der Waals surface area (Å²) in [4.78, 5) is 15.2. The zero-order valence-corrected chi connectivity index (χ0v) is 12.3. The predicted molar refractivity (Wildman–Crippen MR) is 81.8 cm³/mol. The van der Waals surface area contributed by atoms with Crippen LogP contribution in [-0.2, 0) is 4.79 Å². The van der Waals surface area contributed by atoms with Crippen LogP contribution in [-0.4, -0.2) is 30.3 Å². The third kappa shape index (κ3) is 3.12. The number of Topliss-reactive ketones (excluding diaryl/α,β-unsaturated/α-hetero) is 1. The minimum absolute atomic E-state index is 0.145. The number of hydrogen-bond donors (Lipinski definition) is 0. The van der Waals surface area contributed by atoms with E-state index >= 15 is 0 Å². The van der Waals surface area contributed by atoms with Gasteiger partial charge in [-0.2, -0.15) is 0 Å². The van der Waals surface area contributed by atoms with Crippen molar-refractivity contribution in [3.05, 3.63) is 35.9 Å². The molecule has 2 nitrogen and oxygen atoms in total. The average Bonchev–Trinajstić information content (AvgIpc) is 2.44. The molecule has 0 aromatic heterocycles. The van der Waals surface area contributed by atoms with Crippen molar-refractivity contribution >= 4 is 5.78 Å². The van der Waals surface area contributed by atoms with Crippen molar-refractivity contribution in [2.75, 3.05) is 19.6 Å². The highest BCUT2D eigenvalue weighted by Crippen LogP contribution is 2.40. The fourth-order valence-electron chi connectivity index (χ4n) is 3.59. The molecule has 1 aromatic rings.